The van der Waals surface area contributed by atoms with Crippen LogP contribution in [0.25, 0.3) is 11.4 Å². The number of ether oxygens (including phenoxy) is 1. The Balaban J connectivity index is 1.74. The van der Waals surface area contributed by atoms with Gasteiger partial charge in [-0.05, 0) is 62.4 Å². The number of nitrogens with zero attached hydrogens (tertiary/aromatic N) is 2. The van der Waals surface area contributed by atoms with E-state index in [-0.39, 0.29) is 6.10 Å². The molecule has 0 saturated heterocycles. The third-order valence-corrected chi connectivity index (χ3v) is 5.44. The van der Waals surface area contributed by atoms with Gasteiger partial charge in [-0.1, -0.05) is 65.2 Å². The van der Waals surface area contributed by atoms with Gasteiger partial charge < -0.3 is 4.74 Å². The van der Waals surface area contributed by atoms with Crippen LogP contribution in [0.4, 0.5) is 0 Å². The van der Waals surface area contributed by atoms with E-state index in [9.17, 15) is 0 Å². The SMILES string of the molecule is CCCCCCCCCc1cnc(-c2ccc(O[C@@H](C)CCCCC)cc2)nc1. The molecule has 0 spiro atoms. The van der Waals surface area contributed by atoms with E-state index in [1.165, 1.54) is 69.8 Å². The highest BCUT2D eigenvalue weighted by atomic mass is 16.5. The maximum Gasteiger partial charge on any atom is 0.159 e. The van der Waals surface area contributed by atoms with Crippen molar-refractivity contribution in [2.45, 2.75) is 104 Å². The van der Waals surface area contributed by atoms with E-state index in [0.717, 1.165) is 30.0 Å². The summed E-state index contributed by atoms with van der Waals surface area (Å²) in [4.78, 5) is 9.15. The zero-order valence-corrected chi connectivity index (χ0v) is 18.8. The molecule has 0 bridgehead atoms. The fraction of sp³-hybridized carbons (Fsp3) is 0.615. The van der Waals surface area contributed by atoms with E-state index >= 15 is 0 Å². The summed E-state index contributed by atoms with van der Waals surface area (Å²) in [6.45, 7) is 6.65. The molecule has 0 fully saturated rings. The average Bonchev–Trinajstić information content (AvgIpc) is 2.74. The van der Waals surface area contributed by atoms with Crippen LogP contribution >= 0.6 is 0 Å². The van der Waals surface area contributed by atoms with Crippen molar-refractivity contribution in [2.75, 3.05) is 0 Å². The molecule has 3 nitrogen and oxygen atoms in total. The van der Waals surface area contributed by atoms with Gasteiger partial charge in [0.1, 0.15) is 5.75 Å². The standard InChI is InChI=1S/C26H40N2O/c1-4-6-8-9-10-11-13-15-23-20-27-26(28-21-23)24-16-18-25(19-17-24)29-22(3)14-12-7-5-2/h16-22H,4-15H2,1-3H3/t22-/m0/s1. The van der Waals surface area contributed by atoms with Crippen LogP contribution in [0, 0.1) is 0 Å². The minimum atomic E-state index is 0.259. The second kappa shape index (κ2) is 14.1. The summed E-state index contributed by atoms with van der Waals surface area (Å²) in [5, 5.41) is 0. The van der Waals surface area contributed by atoms with Crippen LogP contribution in [0.1, 0.15) is 97.0 Å². The largest absolute Gasteiger partial charge is 0.491 e. The number of aryl methyl sites for hydroxylation is 1. The molecule has 29 heavy (non-hydrogen) atoms. The van der Waals surface area contributed by atoms with Crippen molar-refractivity contribution < 1.29 is 4.74 Å². The molecule has 0 aliphatic heterocycles. The van der Waals surface area contributed by atoms with Gasteiger partial charge in [-0.3, -0.25) is 0 Å². The first-order chi connectivity index (χ1) is 14.2. The molecule has 1 heterocycles. The van der Waals surface area contributed by atoms with Crippen molar-refractivity contribution in [2.24, 2.45) is 0 Å². The summed E-state index contributed by atoms with van der Waals surface area (Å²) in [5.74, 6) is 1.71. The fourth-order valence-corrected chi connectivity index (χ4v) is 3.57. The number of hydrogen-bond donors (Lipinski definition) is 0. The van der Waals surface area contributed by atoms with Crippen LogP contribution in [0.15, 0.2) is 36.7 Å². The summed E-state index contributed by atoms with van der Waals surface area (Å²) in [7, 11) is 0. The summed E-state index contributed by atoms with van der Waals surface area (Å²) < 4.78 is 6.02. The van der Waals surface area contributed by atoms with Crippen molar-refractivity contribution in [3.63, 3.8) is 0 Å². The Hall–Kier alpha value is -1.90. The third kappa shape index (κ3) is 9.43. The maximum atomic E-state index is 6.02. The molecular weight excluding hydrogens is 356 g/mol. The molecule has 1 atom stereocenters. The van der Waals surface area contributed by atoms with Gasteiger partial charge in [0.2, 0.25) is 0 Å². The van der Waals surface area contributed by atoms with Crippen LogP contribution < -0.4 is 4.74 Å². The highest BCUT2D eigenvalue weighted by Gasteiger charge is 2.06. The third-order valence-electron chi connectivity index (χ3n) is 5.44. The van der Waals surface area contributed by atoms with Gasteiger partial charge in [-0.15, -0.1) is 0 Å². The predicted molar refractivity (Wildman–Crippen MR) is 123 cm³/mol. The minimum Gasteiger partial charge on any atom is -0.491 e. The summed E-state index contributed by atoms with van der Waals surface area (Å²) in [6, 6.07) is 8.17. The molecule has 0 radical (unpaired) electrons. The number of rotatable bonds is 15. The Labute approximate surface area is 178 Å². The van der Waals surface area contributed by atoms with Gasteiger partial charge in [-0.2, -0.15) is 0 Å². The van der Waals surface area contributed by atoms with Crippen molar-refractivity contribution in [3.05, 3.63) is 42.2 Å². The first-order valence-electron chi connectivity index (χ1n) is 11.8. The zero-order valence-electron chi connectivity index (χ0n) is 18.8. The van der Waals surface area contributed by atoms with Gasteiger partial charge in [0, 0.05) is 18.0 Å². The molecule has 0 amide bonds. The van der Waals surface area contributed by atoms with Crippen LogP contribution in [0.2, 0.25) is 0 Å². The van der Waals surface area contributed by atoms with Gasteiger partial charge in [0.15, 0.2) is 5.82 Å². The van der Waals surface area contributed by atoms with Crippen LogP contribution in [-0.2, 0) is 6.42 Å². The van der Waals surface area contributed by atoms with E-state index in [1.807, 2.05) is 24.5 Å². The molecule has 160 valence electrons. The lowest BCUT2D eigenvalue weighted by Crippen LogP contribution is -2.11. The van der Waals surface area contributed by atoms with Crippen molar-refractivity contribution in [1.82, 2.24) is 9.97 Å². The summed E-state index contributed by atoms with van der Waals surface area (Å²) in [6.07, 6.45) is 19.5. The Morgan fingerprint density at radius 1 is 0.759 bits per heavy atom. The second-order valence-electron chi connectivity index (χ2n) is 8.23. The molecule has 0 unspecified atom stereocenters. The fourth-order valence-electron chi connectivity index (χ4n) is 3.57. The summed E-state index contributed by atoms with van der Waals surface area (Å²) >= 11 is 0. The van der Waals surface area contributed by atoms with Gasteiger partial charge in [0.05, 0.1) is 6.10 Å². The quantitative estimate of drug-likeness (QED) is 0.288. The Morgan fingerprint density at radius 2 is 1.34 bits per heavy atom. The zero-order chi connectivity index (χ0) is 20.7. The molecule has 0 N–H and O–H groups in total. The van der Waals surface area contributed by atoms with Crippen molar-refractivity contribution in [3.8, 4) is 17.1 Å². The van der Waals surface area contributed by atoms with E-state index < -0.39 is 0 Å². The second-order valence-corrected chi connectivity index (χ2v) is 8.23. The molecule has 2 rings (SSSR count). The molecule has 1 aromatic carbocycles. The number of hydrogen-bond acceptors (Lipinski definition) is 3. The van der Waals surface area contributed by atoms with Crippen LogP contribution in [-0.4, -0.2) is 16.1 Å². The van der Waals surface area contributed by atoms with E-state index in [4.69, 9.17) is 4.74 Å². The first-order valence-corrected chi connectivity index (χ1v) is 11.8. The lowest BCUT2D eigenvalue weighted by Gasteiger charge is -2.14. The minimum absolute atomic E-state index is 0.259. The lowest BCUT2D eigenvalue weighted by atomic mass is 10.1. The molecule has 1 aromatic heterocycles. The monoisotopic (exact) mass is 396 g/mol. The van der Waals surface area contributed by atoms with Gasteiger partial charge in [-0.25, -0.2) is 9.97 Å². The molecule has 0 aliphatic carbocycles. The molecule has 3 heteroatoms. The van der Waals surface area contributed by atoms with Crippen LogP contribution in [0.5, 0.6) is 5.75 Å². The Morgan fingerprint density at radius 3 is 2.00 bits per heavy atom. The average molecular weight is 397 g/mol. The van der Waals surface area contributed by atoms with E-state index in [0.29, 0.717) is 0 Å². The van der Waals surface area contributed by atoms with Crippen molar-refractivity contribution in [1.29, 1.82) is 0 Å². The highest BCUT2D eigenvalue weighted by molar-refractivity contribution is 5.55. The molecule has 0 saturated carbocycles. The smallest absolute Gasteiger partial charge is 0.159 e. The highest BCUT2D eigenvalue weighted by Crippen LogP contribution is 2.21. The molecule has 2 aromatic rings. The molecule has 0 aliphatic rings. The predicted octanol–water partition coefficient (Wildman–Crippen LogP) is 7.78. The summed E-state index contributed by atoms with van der Waals surface area (Å²) in [5.41, 5.74) is 2.28. The maximum absolute atomic E-state index is 6.02. The normalized spacial score (nSPS) is 12.1. The number of unbranched alkanes of at least 4 members (excludes halogenated alkanes) is 8. The number of aromatic nitrogens is 2. The van der Waals surface area contributed by atoms with E-state index in [2.05, 4.69) is 42.9 Å². The lowest BCUT2D eigenvalue weighted by molar-refractivity contribution is 0.206. The van der Waals surface area contributed by atoms with Gasteiger partial charge in [0.25, 0.3) is 0 Å². The Kier molecular flexibility index (Phi) is 11.4. The first kappa shape index (κ1) is 23.4. The topological polar surface area (TPSA) is 35.0 Å². The number of benzene rings is 1. The van der Waals surface area contributed by atoms with Gasteiger partial charge >= 0.3 is 0 Å². The van der Waals surface area contributed by atoms with E-state index in [1.54, 1.807) is 0 Å². The van der Waals surface area contributed by atoms with Crippen LogP contribution in [0.3, 0.4) is 0 Å². The van der Waals surface area contributed by atoms with Crippen molar-refractivity contribution >= 4 is 0 Å². The molecular formula is C26H40N2O. The Bertz CT molecular complexity index is 651.